The van der Waals surface area contributed by atoms with Crippen molar-refractivity contribution in [2.45, 2.75) is 24.3 Å². The second-order valence-electron chi connectivity index (χ2n) is 5.35. The molecule has 3 rings (SSSR count). The first-order valence-electron chi connectivity index (χ1n) is 7.16. The first kappa shape index (κ1) is 15.8. The van der Waals surface area contributed by atoms with Gasteiger partial charge in [0.1, 0.15) is 18.2 Å². The lowest BCUT2D eigenvalue weighted by Gasteiger charge is -2.18. The maximum atomic E-state index is 13.2. The smallest absolute Gasteiger partial charge is 0.243 e. The van der Waals surface area contributed by atoms with E-state index in [2.05, 4.69) is 9.97 Å². The van der Waals surface area contributed by atoms with Crippen molar-refractivity contribution in [3.8, 4) is 5.88 Å². The summed E-state index contributed by atoms with van der Waals surface area (Å²) in [7, 11) is -3.66. The predicted molar refractivity (Wildman–Crippen MR) is 81.0 cm³/mol. The number of halogens is 1. The van der Waals surface area contributed by atoms with E-state index < -0.39 is 15.8 Å². The fourth-order valence-corrected chi connectivity index (χ4v) is 4.26. The summed E-state index contributed by atoms with van der Waals surface area (Å²) in [5.74, 6) is -0.0324. The highest BCUT2D eigenvalue weighted by Gasteiger charge is 2.34. The number of ether oxygens (including phenoxy) is 1. The van der Waals surface area contributed by atoms with Crippen LogP contribution < -0.4 is 4.74 Å². The van der Waals surface area contributed by atoms with Crippen molar-refractivity contribution in [3.05, 3.63) is 48.2 Å². The van der Waals surface area contributed by atoms with Gasteiger partial charge in [-0.2, -0.15) is 4.31 Å². The van der Waals surface area contributed by atoms with Crippen LogP contribution in [-0.2, 0) is 10.0 Å². The van der Waals surface area contributed by atoms with Crippen molar-refractivity contribution in [2.24, 2.45) is 0 Å². The number of aromatic nitrogens is 2. The fourth-order valence-electron chi connectivity index (χ4n) is 2.57. The SMILES string of the molecule is Cc1cc(F)ccc1S(=O)(=O)N1CCC(Oc2ccncn2)C1. The Morgan fingerprint density at radius 3 is 2.87 bits per heavy atom. The van der Waals surface area contributed by atoms with Crippen LogP contribution in [0.2, 0.25) is 0 Å². The summed E-state index contributed by atoms with van der Waals surface area (Å²) in [6.45, 7) is 2.18. The molecule has 8 heteroatoms. The van der Waals surface area contributed by atoms with E-state index in [-0.39, 0.29) is 17.5 Å². The molecule has 1 atom stereocenters. The van der Waals surface area contributed by atoms with Crippen molar-refractivity contribution in [2.75, 3.05) is 13.1 Å². The molecule has 6 nitrogen and oxygen atoms in total. The van der Waals surface area contributed by atoms with E-state index in [1.54, 1.807) is 19.2 Å². The lowest BCUT2D eigenvalue weighted by molar-refractivity contribution is 0.206. The first-order chi connectivity index (χ1) is 11.0. The van der Waals surface area contributed by atoms with Crippen LogP contribution in [0.1, 0.15) is 12.0 Å². The highest BCUT2D eigenvalue weighted by atomic mass is 32.2. The molecular formula is C15H16FN3O3S. The first-order valence-corrected chi connectivity index (χ1v) is 8.60. The molecule has 1 aromatic carbocycles. The number of nitrogens with zero attached hydrogens (tertiary/aromatic N) is 3. The van der Waals surface area contributed by atoms with Gasteiger partial charge in [0.15, 0.2) is 0 Å². The minimum atomic E-state index is -3.66. The summed E-state index contributed by atoms with van der Waals surface area (Å²) >= 11 is 0. The number of benzene rings is 1. The summed E-state index contributed by atoms with van der Waals surface area (Å²) in [6, 6.07) is 5.31. The lowest BCUT2D eigenvalue weighted by Crippen LogP contribution is -2.31. The van der Waals surface area contributed by atoms with Gasteiger partial charge in [-0.25, -0.2) is 22.8 Å². The van der Waals surface area contributed by atoms with E-state index in [4.69, 9.17) is 4.74 Å². The van der Waals surface area contributed by atoms with Crippen molar-refractivity contribution in [3.63, 3.8) is 0 Å². The standard InChI is InChI=1S/C15H16FN3O3S/c1-11-8-12(16)2-3-14(11)23(20,21)19-7-5-13(9-19)22-15-4-6-17-10-18-15/h2-4,6,8,10,13H,5,7,9H2,1H3. The minimum absolute atomic E-state index is 0.126. The molecule has 1 saturated heterocycles. The van der Waals surface area contributed by atoms with Gasteiger partial charge in [0.05, 0.1) is 11.4 Å². The molecule has 0 spiro atoms. The van der Waals surface area contributed by atoms with Gasteiger partial charge in [0.25, 0.3) is 0 Å². The zero-order chi connectivity index (χ0) is 16.4. The molecule has 2 aromatic rings. The van der Waals surface area contributed by atoms with E-state index in [1.807, 2.05) is 0 Å². The monoisotopic (exact) mass is 337 g/mol. The number of rotatable bonds is 4. The van der Waals surface area contributed by atoms with Crippen LogP contribution in [0.5, 0.6) is 5.88 Å². The molecule has 1 aliphatic heterocycles. The third-order valence-electron chi connectivity index (χ3n) is 3.70. The van der Waals surface area contributed by atoms with Gasteiger partial charge in [0.2, 0.25) is 15.9 Å². The third kappa shape index (κ3) is 3.32. The zero-order valence-electron chi connectivity index (χ0n) is 12.5. The van der Waals surface area contributed by atoms with E-state index in [1.165, 1.54) is 22.8 Å². The molecular weight excluding hydrogens is 321 g/mol. The number of sulfonamides is 1. The Balaban J connectivity index is 1.75. The Hall–Kier alpha value is -2.06. The summed E-state index contributed by atoms with van der Waals surface area (Å²) in [5.41, 5.74) is 0.394. The largest absolute Gasteiger partial charge is 0.473 e. The molecule has 1 aromatic heterocycles. The molecule has 1 unspecified atom stereocenters. The molecule has 0 amide bonds. The molecule has 122 valence electrons. The van der Waals surface area contributed by atoms with Crippen LogP contribution in [-0.4, -0.2) is 41.9 Å². The van der Waals surface area contributed by atoms with Crippen LogP contribution in [0, 0.1) is 12.7 Å². The molecule has 0 radical (unpaired) electrons. The summed E-state index contributed by atoms with van der Waals surface area (Å²) in [4.78, 5) is 7.90. The van der Waals surface area contributed by atoms with Gasteiger partial charge in [-0.1, -0.05) is 0 Å². The third-order valence-corrected chi connectivity index (χ3v) is 5.73. The predicted octanol–water partition coefficient (Wildman–Crippen LogP) is 1.77. The summed E-state index contributed by atoms with van der Waals surface area (Å²) in [6.07, 6.45) is 3.25. The summed E-state index contributed by atoms with van der Waals surface area (Å²) < 4.78 is 45.6. The highest BCUT2D eigenvalue weighted by Crippen LogP contribution is 2.25. The molecule has 1 fully saturated rings. The average Bonchev–Trinajstić information content (AvgIpc) is 2.97. The van der Waals surface area contributed by atoms with E-state index in [0.29, 0.717) is 24.4 Å². The Kier molecular flexibility index (Phi) is 4.27. The topological polar surface area (TPSA) is 72.4 Å². The van der Waals surface area contributed by atoms with Crippen molar-refractivity contribution in [1.29, 1.82) is 0 Å². The Bertz CT molecular complexity index is 799. The van der Waals surface area contributed by atoms with Crippen LogP contribution in [0.4, 0.5) is 4.39 Å². The minimum Gasteiger partial charge on any atom is -0.473 e. The Morgan fingerprint density at radius 1 is 1.35 bits per heavy atom. The van der Waals surface area contributed by atoms with Gasteiger partial charge in [-0.05, 0) is 37.1 Å². The van der Waals surface area contributed by atoms with Crippen LogP contribution in [0.3, 0.4) is 0 Å². The van der Waals surface area contributed by atoms with Crippen LogP contribution in [0.15, 0.2) is 41.7 Å². The normalized spacial score (nSPS) is 19.0. The van der Waals surface area contributed by atoms with Gasteiger partial charge < -0.3 is 4.74 Å². The second-order valence-corrected chi connectivity index (χ2v) is 7.26. The van der Waals surface area contributed by atoms with Crippen molar-refractivity contribution >= 4 is 10.0 Å². The average molecular weight is 337 g/mol. The van der Waals surface area contributed by atoms with E-state index in [0.717, 1.165) is 6.07 Å². The van der Waals surface area contributed by atoms with Crippen molar-refractivity contribution in [1.82, 2.24) is 14.3 Å². The molecule has 0 bridgehead atoms. The van der Waals surface area contributed by atoms with Gasteiger partial charge in [0, 0.05) is 18.8 Å². The number of aryl methyl sites for hydroxylation is 1. The quantitative estimate of drug-likeness (QED) is 0.850. The van der Waals surface area contributed by atoms with E-state index in [9.17, 15) is 12.8 Å². The van der Waals surface area contributed by atoms with Crippen molar-refractivity contribution < 1.29 is 17.5 Å². The van der Waals surface area contributed by atoms with Gasteiger partial charge >= 0.3 is 0 Å². The highest BCUT2D eigenvalue weighted by molar-refractivity contribution is 7.89. The summed E-state index contributed by atoms with van der Waals surface area (Å²) in [5, 5.41) is 0. The molecule has 0 saturated carbocycles. The van der Waals surface area contributed by atoms with Crippen LogP contribution >= 0.6 is 0 Å². The van der Waals surface area contributed by atoms with Crippen LogP contribution in [0.25, 0.3) is 0 Å². The molecule has 23 heavy (non-hydrogen) atoms. The fraction of sp³-hybridized carbons (Fsp3) is 0.333. The Morgan fingerprint density at radius 2 is 2.17 bits per heavy atom. The number of hydrogen-bond acceptors (Lipinski definition) is 5. The maximum Gasteiger partial charge on any atom is 0.243 e. The molecule has 2 heterocycles. The van der Waals surface area contributed by atoms with E-state index >= 15 is 0 Å². The maximum absolute atomic E-state index is 13.2. The zero-order valence-corrected chi connectivity index (χ0v) is 13.3. The molecule has 0 N–H and O–H groups in total. The molecule has 0 aliphatic carbocycles. The van der Waals surface area contributed by atoms with Gasteiger partial charge in [-0.15, -0.1) is 0 Å². The Labute approximate surface area is 134 Å². The number of hydrogen-bond donors (Lipinski definition) is 0. The lowest BCUT2D eigenvalue weighted by atomic mass is 10.2. The second kappa shape index (κ2) is 6.21. The van der Waals surface area contributed by atoms with Gasteiger partial charge in [-0.3, -0.25) is 0 Å². The molecule has 1 aliphatic rings.